The van der Waals surface area contributed by atoms with Crippen molar-refractivity contribution >= 4 is 27.7 Å². The number of halogens is 1. The fourth-order valence-corrected chi connectivity index (χ4v) is 3.97. The van der Waals surface area contributed by atoms with Crippen LogP contribution >= 0.6 is 15.9 Å². The number of nitrogens with zero attached hydrogens (tertiary/aromatic N) is 2. The van der Waals surface area contributed by atoms with Gasteiger partial charge < -0.3 is 14.5 Å². The Morgan fingerprint density at radius 2 is 1.88 bits per heavy atom. The van der Waals surface area contributed by atoms with E-state index < -0.39 is 5.60 Å². The number of rotatable bonds is 3. The Hall–Kier alpha value is -1.23. The zero-order valence-corrected chi connectivity index (χ0v) is 17.9. The lowest BCUT2D eigenvalue weighted by atomic mass is 10.00. The van der Waals surface area contributed by atoms with Crippen LogP contribution in [0.4, 0.5) is 10.5 Å². The molecule has 0 N–H and O–H groups in total. The monoisotopic (exact) mass is 410 g/mol. The molecule has 140 valence electrons. The van der Waals surface area contributed by atoms with Crippen molar-refractivity contribution in [2.24, 2.45) is 0 Å². The van der Waals surface area contributed by atoms with Gasteiger partial charge in [-0.15, -0.1) is 0 Å². The first-order valence-electron chi connectivity index (χ1n) is 9.13. The van der Waals surface area contributed by atoms with Crippen molar-refractivity contribution in [2.45, 2.75) is 66.0 Å². The molecule has 1 heterocycles. The first-order valence-corrected chi connectivity index (χ1v) is 9.93. The third-order valence-electron chi connectivity index (χ3n) is 4.81. The maximum atomic E-state index is 12.3. The van der Waals surface area contributed by atoms with Crippen LogP contribution in [0.1, 0.15) is 51.7 Å². The molecule has 0 unspecified atom stereocenters. The van der Waals surface area contributed by atoms with Crippen LogP contribution in [0.5, 0.6) is 0 Å². The molecule has 1 saturated heterocycles. The summed E-state index contributed by atoms with van der Waals surface area (Å²) in [6, 6.07) is 4.83. The first kappa shape index (κ1) is 20.1. The number of hydrogen-bond donors (Lipinski definition) is 0. The molecule has 0 atom stereocenters. The maximum absolute atomic E-state index is 12.3. The minimum Gasteiger partial charge on any atom is -0.444 e. The van der Waals surface area contributed by atoms with Gasteiger partial charge in [0.1, 0.15) is 5.60 Å². The predicted molar refractivity (Wildman–Crippen MR) is 107 cm³/mol. The highest BCUT2D eigenvalue weighted by Crippen LogP contribution is 2.31. The zero-order valence-electron chi connectivity index (χ0n) is 16.4. The van der Waals surface area contributed by atoms with Gasteiger partial charge >= 0.3 is 6.09 Å². The number of amides is 1. The third kappa shape index (κ3) is 5.13. The van der Waals surface area contributed by atoms with Gasteiger partial charge in [0.25, 0.3) is 0 Å². The van der Waals surface area contributed by atoms with Gasteiger partial charge in [-0.25, -0.2) is 4.79 Å². The van der Waals surface area contributed by atoms with E-state index in [0.717, 1.165) is 36.9 Å². The van der Waals surface area contributed by atoms with Crippen LogP contribution in [0.25, 0.3) is 0 Å². The maximum Gasteiger partial charge on any atom is 0.410 e. The summed E-state index contributed by atoms with van der Waals surface area (Å²) < 4.78 is 6.62. The van der Waals surface area contributed by atoms with Crippen LogP contribution in [-0.4, -0.2) is 42.3 Å². The highest BCUT2D eigenvalue weighted by Gasteiger charge is 2.29. The van der Waals surface area contributed by atoms with Crippen LogP contribution in [0.15, 0.2) is 16.6 Å². The number of anilines is 1. The summed E-state index contributed by atoms with van der Waals surface area (Å²) in [6.07, 6.45) is 1.75. The fraction of sp³-hybridized carbons (Fsp3) is 0.650. The van der Waals surface area contributed by atoms with Crippen LogP contribution in [0, 0.1) is 13.8 Å². The number of benzene rings is 1. The van der Waals surface area contributed by atoms with Crippen molar-refractivity contribution in [1.82, 2.24) is 4.90 Å². The van der Waals surface area contributed by atoms with Crippen molar-refractivity contribution in [3.63, 3.8) is 0 Å². The molecule has 5 heteroatoms. The molecule has 1 fully saturated rings. The van der Waals surface area contributed by atoms with Crippen molar-refractivity contribution in [3.8, 4) is 0 Å². The highest BCUT2D eigenvalue weighted by atomic mass is 79.9. The lowest BCUT2D eigenvalue weighted by Gasteiger charge is -2.40. The van der Waals surface area contributed by atoms with E-state index in [9.17, 15) is 4.79 Å². The van der Waals surface area contributed by atoms with E-state index in [0.29, 0.717) is 6.04 Å². The number of aryl methyl sites for hydroxylation is 1. The summed E-state index contributed by atoms with van der Waals surface area (Å²) in [5, 5.41) is 0. The topological polar surface area (TPSA) is 32.8 Å². The zero-order chi connectivity index (χ0) is 18.8. The molecule has 4 nitrogen and oxygen atoms in total. The summed E-state index contributed by atoms with van der Waals surface area (Å²) in [4.78, 5) is 16.6. The molecular formula is C20H31BrN2O2. The number of piperidine rings is 1. The predicted octanol–water partition coefficient (Wildman–Crippen LogP) is 5.29. The fourth-order valence-electron chi connectivity index (χ4n) is 3.41. The lowest BCUT2D eigenvalue weighted by Crippen LogP contribution is -2.48. The largest absolute Gasteiger partial charge is 0.444 e. The number of ether oxygens (including phenoxy) is 1. The van der Waals surface area contributed by atoms with E-state index in [4.69, 9.17) is 4.74 Å². The molecule has 2 rings (SSSR count). The molecule has 0 radical (unpaired) electrons. The van der Waals surface area contributed by atoms with Gasteiger partial charge in [0.05, 0.1) is 0 Å². The molecule has 1 aromatic rings. The lowest BCUT2D eigenvalue weighted by molar-refractivity contribution is 0.0205. The Kier molecular flexibility index (Phi) is 6.41. The SMILES string of the molecule is CCN(c1cc(Br)cc(C)c1C)C1CCN(C(=O)OC(C)(C)C)CC1. The van der Waals surface area contributed by atoms with E-state index in [1.165, 1.54) is 16.8 Å². The van der Waals surface area contributed by atoms with Crippen molar-refractivity contribution in [3.05, 3.63) is 27.7 Å². The number of likely N-dealkylation sites (tertiary alicyclic amines) is 1. The molecule has 0 aliphatic carbocycles. The first-order chi connectivity index (χ1) is 11.6. The van der Waals surface area contributed by atoms with E-state index >= 15 is 0 Å². The van der Waals surface area contributed by atoms with Crippen molar-refractivity contribution < 1.29 is 9.53 Å². The van der Waals surface area contributed by atoms with Gasteiger partial charge in [0.15, 0.2) is 0 Å². The van der Waals surface area contributed by atoms with Gasteiger partial charge in [0, 0.05) is 35.8 Å². The van der Waals surface area contributed by atoms with Crippen LogP contribution < -0.4 is 4.90 Å². The molecule has 0 spiro atoms. The Balaban J connectivity index is 2.07. The second kappa shape index (κ2) is 7.98. The Bertz CT molecular complexity index is 617. The Morgan fingerprint density at radius 3 is 2.40 bits per heavy atom. The average Bonchev–Trinajstić information content (AvgIpc) is 2.51. The van der Waals surface area contributed by atoms with Gasteiger partial charge in [-0.05, 0) is 77.6 Å². The van der Waals surface area contributed by atoms with E-state index in [-0.39, 0.29) is 6.09 Å². The van der Waals surface area contributed by atoms with E-state index in [1.807, 2.05) is 25.7 Å². The van der Waals surface area contributed by atoms with Crippen LogP contribution in [0.2, 0.25) is 0 Å². The van der Waals surface area contributed by atoms with Gasteiger partial charge in [-0.1, -0.05) is 15.9 Å². The molecule has 1 aliphatic rings. The normalized spacial score (nSPS) is 16.0. The molecule has 1 aliphatic heterocycles. The highest BCUT2D eigenvalue weighted by molar-refractivity contribution is 9.10. The third-order valence-corrected chi connectivity index (χ3v) is 5.27. The number of carbonyl (C=O) groups excluding carboxylic acids is 1. The number of hydrogen-bond acceptors (Lipinski definition) is 3. The summed E-state index contributed by atoms with van der Waals surface area (Å²) in [5.74, 6) is 0. The van der Waals surface area contributed by atoms with E-state index in [1.54, 1.807) is 0 Å². The summed E-state index contributed by atoms with van der Waals surface area (Å²) in [6.45, 7) is 14.8. The Labute approximate surface area is 160 Å². The smallest absolute Gasteiger partial charge is 0.410 e. The van der Waals surface area contributed by atoms with Gasteiger partial charge in [-0.2, -0.15) is 0 Å². The van der Waals surface area contributed by atoms with Gasteiger partial charge in [0.2, 0.25) is 0 Å². The second-order valence-corrected chi connectivity index (χ2v) is 8.77. The molecule has 0 aromatic heterocycles. The Morgan fingerprint density at radius 1 is 1.28 bits per heavy atom. The van der Waals surface area contributed by atoms with Gasteiger partial charge in [-0.3, -0.25) is 0 Å². The van der Waals surface area contributed by atoms with Crippen LogP contribution in [0.3, 0.4) is 0 Å². The summed E-state index contributed by atoms with van der Waals surface area (Å²) in [5.41, 5.74) is 3.49. The summed E-state index contributed by atoms with van der Waals surface area (Å²) >= 11 is 3.63. The average molecular weight is 411 g/mol. The quantitative estimate of drug-likeness (QED) is 0.678. The summed E-state index contributed by atoms with van der Waals surface area (Å²) in [7, 11) is 0. The molecular weight excluding hydrogens is 380 g/mol. The molecule has 0 bridgehead atoms. The van der Waals surface area contributed by atoms with Crippen LogP contribution in [-0.2, 0) is 4.74 Å². The minimum atomic E-state index is -0.436. The standard InChI is InChI=1S/C20H31BrN2O2/c1-7-23(18-13-16(21)12-14(2)15(18)3)17-8-10-22(11-9-17)19(24)25-20(4,5)6/h12-13,17H,7-11H2,1-6H3. The van der Waals surface area contributed by atoms with Crippen molar-refractivity contribution in [1.29, 1.82) is 0 Å². The molecule has 0 saturated carbocycles. The molecule has 1 amide bonds. The van der Waals surface area contributed by atoms with Crippen molar-refractivity contribution in [2.75, 3.05) is 24.5 Å². The molecule has 1 aromatic carbocycles. The minimum absolute atomic E-state index is 0.191. The number of carbonyl (C=O) groups is 1. The molecule has 25 heavy (non-hydrogen) atoms. The van der Waals surface area contributed by atoms with E-state index in [2.05, 4.69) is 53.7 Å². The second-order valence-electron chi connectivity index (χ2n) is 7.85.